The van der Waals surface area contributed by atoms with E-state index in [2.05, 4.69) is 12.1 Å². The zero-order valence-electron chi connectivity index (χ0n) is 10.4. The van der Waals surface area contributed by atoms with Crippen molar-refractivity contribution in [2.24, 2.45) is 5.73 Å². The Morgan fingerprint density at radius 3 is 2.35 bits per heavy atom. The van der Waals surface area contributed by atoms with Crippen LogP contribution in [0.5, 0.6) is 0 Å². The second-order valence-electron chi connectivity index (χ2n) is 4.00. The maximum Gasteiger partial charge on any atom is 0.0718 e. The van der Waals surface area contributed by atoms with Crippen molar-refractivity contribution in [3.05, 3.63) is 35.9 Å². The van der Waals surface area contributed by atoms with Crippen LogP contribution < -0.4 is 5.73 Å². The van der Waals surface area contributed by atoms with Gasteiger partial charge in [0.25, 0.3) is 0 Å². The third kappa shape index (κ3) is 7.91. The molecule has 17 heavy (non-hydrogen) atoms. The van der Waals surface area contributed by atoms with Crippen LogP contribution in [0.2, 0.25) is 0 Å². The van der Waals surface area contributed by atoms with Gasteiger partial charge in [-0.25, -0.2) is 0 Å². The van der Waals surface area contributed by atoms with Gasteiger partial charge in [-0.15, -0.1) is 0 Å². The van der Waals surface area contributed by atoms with Crippen LogP contribution in [0.3, 0.4) is 0 Å². The number of rotatable bonds is 10. The van der Waals surface area contributed by atoms with Crippen LogP contribution in [-0.2, 0) is 16.1 Å². The number of nitrogens with two attached hydrogens (primary N) is 1. The molecule has 0 spiro atoms. The Labute approximate surface area is 104 Å². The lowest BCUT2D eigenvalue weighted by Crippen LogP contribution is -2.06. The van der Waals surface area contributed by atoms with Gasteiger partial charge in [-0.3, -0.25) is 0 Å². The summed E-state index contributed by atoms with van der Waals surface area (Å²) in [6.07, 6.45) is 3.34. The van der Waals surface area contributed by atoms with Crippen molar-refractivity contribution in [3.8, 4) is 0 Å². The maximum absolute atomic E-state index is 5.50. The number of unbranched alkanes of at least 4 members (excludes halogenated alkanes) is 2. The van der Waals surface area contributed by atoms with Crippen LogP contribution in [0, 0.1) is 0 Å². The molecule has 3 nitrogen and oxygen atoms in total. The zero-order valence-corrected chi connectivity index (χ0v) is 10.4. The van der Waals surface area contributed by atoms with Gasteiger partial charge in [0.05, 0.1) is 19.8 Å². The van der Waals surface area contributed by atoms with Gasteiger partial charge < -0.3 is 15.2 Å². The van der Waals surface area contributed by atoms with Crippen molar-refractivity contribution in [3.63, 3.8) is 0 Å². The number of hydrogen-bond donors (Lipinski definition) is 1. The molecule has 3 heteroatoms. The summed E-state index contributed by atoms with van der Waals surface area (Å²) in [5.74, 6) is 0. The third-order valence-electron chi connectivity index (χ3n) is 2.48. The molecular weight excluding hydrogens is 214 g/mol. The standard InChI is InChI=1S/C14H23NO2/c15-9-5-2-6-10-16-11-12-17-13-14-7-3-1-4-8-14/h1,3-4,7-8H,2,5-6,9-13,15H2. The van der Waals surface area contributed by atoms with Crippen molar-refractivity contribution >= 4 is 0 Å². The van der Waals surface area contributed by atoms with Crippen LogP contribution in [0.4, 0.5) is 0 Å². The van der Waals surface area contributed by atoms with Gasteiger partial charge in [-0.2, -0.15) is 0 Å². The van der Waals surface area contributed by atoms with E-state index in [9.17, 15) is 0 Å². The van der Waals surface area contributed by atoms with Crippen LogP contribution in [0.15, 0.2) is 30.3 Å². The molecule has 1 aromatic rings. The minimum Gasteiger partial charge on any atom is -0.379 e. The first-order valence-electron chi connectivity index (χ1n) is 6.33. The predicted molar refractivity (Wildman–Crippen MR) is 69.8 cm³/mol. The van der Waals surface area contributed by atoms with Gasteiger partial charge in [0.15, 0.2) is 0 Å². The van der Waals surface area contributed by atoms with E-state index >= 15 is 0 Å². The summed E-state index contributed by atoms with van der Waals surface area (Å²) < 4.78 is 11.0. The first-order valence-corrected chi connectivity index (χ1v) is 6.33. The fraction of sp³-hybridized carbons (Fsp3) is 0.571. The van der Waals surface area contributed by atoms with Crippen LogP contribution in [0.25, 0.3) is 0 Å². The van der Waals surface area contributed by atoms with E-state index in [0.717, 1.165) is 32.4 Å². The molecule has 0 unspecified atom stereocenters. The molecule has 1 rings (SSSR count). The topological polar surface area (TPSA) is 44.5 Å². The summed E-state index contributed by atoms with van der Waals surface area (Å²) in [5, 5.41) is 0. The molecule has 0 heterocycles. The van der Waals surface area contributed by atoms with Gasteiger partial charge >= 0.3 is 0 Å². The molecule has 0 aromatic heterocycles. The Bertz CT molecular complexity index is 264. The van der Waals surface area contributed by atoms with E-state index in [1.807, 2.05) is 18.2 Å². The molecule has 0 aliphatic heterocycles. The first kappa shape index (κ1) is 14.2. The monoisotopic (exact) mass is 237 g/mol. The molecule has 2 N–H and O–H groups in total. The molecule has 0 aliphatic carbocycles. The fourth-order valence-corrected chi connectivity index (χ4v) is 1.51. The zero-order chi connectivity index (χ0) is 12.2. The molecule has 0 fully saturated rings. The fourth-order valence-electron chi connectivity index (χ4n) is 1.51. The minimum absolute atomic E-state index is 0.659. The molecule has 0 saturated carbocycles. The smallest absolute Gasteiger partial charge is 0.0718 e. The molecule has 0 atom stereocenters. The van der Waals surface area contributed by atoms with Gasteiger partial charge in [0.2, 0.25) is 0 Å². The lowest BCUT2D eigenvalue weighted by molar-refractivity contribution is 0.0393. The quantitative estimate of drug-likeness (QED) is 0.635. The summed E-state index contributed by atoms with van der Waals surface area (Å²) in [6, 6.07) is 10.2. The van der Waals surface area contributed by atoms with E-state index in [4.69, 9.17) is 15.2 Å². The summed E-state index contributed by atoms with van der Waals surface area (Å²) in [7, 11) is 0. The summed E-state index contributed by atoms with van der Waals surface area (Å²) in [4.78, 5) is 0. The number of hydrogen-bond acceptors (Lipinski definition) is 3. The van der Waals surface area contributed by atoms with E-state index in [0.29, 0.717) is 19.8 Å². The molecule has 0 amide bonds. The summed E-state index contributed by atoms with van der Waals surface area (Å²) in [6.45, 7) is 3.59. The highest BCUT2D eigenvalue weighted by molar-refractivity contribution is 5.13. The maximum atomic E-state index is 5.50. The average Bonchev–Trinajstić information content (AvgIpc) is 2.38. The Kier molecular flexibility index (Phi) is 8.55. The second-order valence-corrected chi connectivity index (χ2v) is 4.00. The third-order valence-corrected chi connectivity index (χ3v) is 2.48. The van der Waals surface area contributed by atoms with Gasteiger partial charge in [0, 0.05) is 6.61 Å². The van der Waals surface area contributed by atoms with E-state index in [-0.39, 0.29) is 0 Å². The predicted octanol–water partition coefficient (Wildman–Crippen LogP) is 2.35. The van der Waals surface area contributed by atoms with Crippen LogP contribution in [-0.4, -0.2) is 26.4 Å². The highest BCUT2D eigenvalue weighted by Gasteiger charge is 1.93. The molecule has 0 radical (unpaired) electrons. The number of benzene rings is 1. The number of ether oxygens (including phenoxy) is 2. The summed E-state index contributed by atoms with van der Waals surface area (Å²) >= 11 is 0. The van der Waals surface area contributed by atoms with Crippen molar-refractivity contribution in [1.29, 1.82) is 0 Å². The largest absolute Gasteiger partial charge is 0.379 e. The lowest BCUT2D eigenvalue weighted by atomic mass is 10.2. The second kappa shape index (κ2) is 10.3. The Balaban J connectivity index is 1.85. The summed E-state index contributed by atoms with van der Waals surface area (Å²) in [5.41, 5.74) is 6.61. The Morgan fingerprint density at radius 2 is 1.59 bits per heavy atom. The first-order chi connectivity index (χ1) is 8.43. The van der Waals surface area contributed by atoms with Gasteiger partial charge in [-0.05, 0) is 31.4 Å². The van der Waals surface area contributed by atoms with E-state index in [1.54, 1.807) is 0 Å². The highest BCUT2D eigenvalue weighted by atomic mass is 16.5. The van der Waals surface area contributed by atoms with Crippen LogP contribution >= 0.6 is 0 Å². The SMILES string of the molecule is NCCCCCOCCOCc1ccccc1. The molecule has 0 aliphatic rings. The van der Waals surface area contributed by atoms with Crippen molar-refractivity contribution in [2.75, 3.05) is 26.4 Å². The highest BCUT2D eigenvalue weighted by Crippen LogP contribution is 2.00. The molecule has 96 valence electrons. The van der Waals surface area contributed by atoms with Crippen molar-refractivity contribution < 1.29 is 9.47 Å². The van der Waals surface area contributed by atoms with Crippen molar-refractivity contribution in [1.82, 2.24) is 0 Å². The van der Waals surface area contributed by atoms with Gasteiger partial charge in [-0.1, -0.05) is 30.3 Å². The molecule has 0 bridgehead atoms. The molecular formula is C14H23NO2. The minimum atomic E-state index is 0.659. The van der Waals surface area contributed by atoms with E-state index < -0.39 is 0 Å². The molecule has 0 saturated heterocycles. The van der Waals surface area contributed by atoms with E-state index in [1.165, 1.54) is 5.56 Å². The normalized spacial score (nSPS) is 10.6. The van der Waals surface area contributed by atoms with Crippen molar-refractivity contribution in [2.45, 2.75) is 25.9 Å². The average molecular weight is 237 g/mol. The Hall–Kier alpha value is -0.900. The molecule has 1 aromatic carbocycles. The lowest BCUT2D eigenvalue weighted by Gasteiger charge is -2.05. The van der Waals surface area contributed by atoms with Crippen LogP contribution in [0.1, 0.15) is 24.8 Å². The van der Waals surface area contributed by atoms with Gasteiger partial charge in [0.1, 0.15) is 0 Å². The Morgan fingerprint density at radius 1 is 0.824 bits per heavy atom.